The minimum atomic E-state index is 0.0298. The highest BCUT2D eigenvalue weighted by molar-refractivity contribution is 5.42. The third kappa shape index (κ3) is 3.31. The van der Waals surface area contributed by atoms with E-state index in [9.17, 15) is 4.79 Å². The molecule has 128 valence electrons. The predicted octanol–water partition coefficient (Wildman–Crippen LogP) is 2.74. The van der Waals surface area contributed by atoms with Crippen molar-refractivity contribution in [2.24, 2.45) is 7.05 Å². The van der Waals surface area contributed by atoms with Crippen LogP contribution in [0.15, 0.2) is 41.3 Å². The summed E-state index contributed by atoms with van der Waals surface area (Å²) in [4.78, 5) is 14.3. The van der Waals surface area contributed by atoms with Crippen LogP contribution in [0.3, 0.4) is 0 Å². The summed E-state index contributed by atoms with van der Waals surface area (Å²) in [6.45, 7) is 1.78. The van der Waals surface area contributed by atoms with E-state index < -0.39 is 0 Å². The molecule has 5 heteroatoms. The van der Waals surface area contributed by atoms with Gasteiger partial charge in [0.25, 0.3) is 5.56 Å². The number of methoxy groups -OCH3 is 2. The summed E-state index contributed by atoms with van der Waals surface area (Å²) in [6, 6.07) is 9.95. The quantitative estimate of drug-likeness (QED) is 0.846. The van der Waals surface area contributed by atoms with Crippen molar-refractivity contribution in [1.29, 1.82) is 0 Å². The van der Waals surface area contributed by atoms with E-state index in [-0.39, 0.29) is 11.6 Å². The molecular weight excluding hydrogens is 304 g/mol. The zero-order chi connectivity index (χ0) is 17.1. The molecule has 0 bridgehead atoms. The van der Waals surface area contributed by atoms with Crippen molar-refractivity contribution < 1.29 is 9.47 Å². The second kappa shape index (κ2) is 7.09. The highest BCUT2D eigenvalue weighted by Crippen LogP contribution is 2.39. The smallest absolute Gasteiger partial charge is 0.250 e. The van der Waals surface area contributed by atoms with Gasteiger partial charge in [0, 0.05) is 37.5 Å². The molecular formula is C19H24N2O3. The number of aromatic nitrogens is 1. The number of benzene rings is 1. The van der Waals surface area contributed by atoms with Gasteiger partial charge in [-0.2, -0.15) is 0 Å². The van der Waals surface area contributed by atoms with E-state index in [1.165, 1.54) is 0 Å². The molecule has 1 atom stereocenters. The second-order valence-corrected chi connectivity index (χ2v) is 6.22. The van der Waals surface area contributed by atoms with Crippen molar-refractivity contribution in [3.8, 4) is 11.5 Å². The minimum absolute atomic E-state index is 0.0298. The lowest BCUT2D eigenvalue weighted by Gasteiger charge is -2.26. The van der Waals surface area contributed by atoms with Crippen LogP contribution in [-0.2, 0) is 13.6 Å². The topological polar surface area (TPSA) is 43.7 Å². The van der Waals surface area contributed by atoms with Gasteiger partial charge in [-0.25, -0.2) is 0 Å². The molecule has 0 aliphatic carbocycles. The summed E-state index contributed by atoms with van der Waals surface area (Å²) >= 11 is 0. The molecule has 0 radical (unpaired) electrons. The molecule has 24 heavy (non-hydrogen) atoms. The lowest BCUT2D eigenvalue weighted by atomic mass is 10.0. The van der Waals surface area contributed by atoms with E-state index in [4.69, 9.17) is 9.47 Å². The average molecular weight is 328 g/mol. The van der Waals surface area contributed by atoms with E-state index >= 15 is 0 Å². The van der Waals surface area contributed by atoms with Gasteiger partial charge in [-0.3, -0.25) is 9.69 Å². The fourth-order valence-corrected chi connectivity index (χ4v) is 3.39. The lowest BCUT2D eigenvalue weighted by molar-refractivity contribution is 0.242. The molecule has 1 saturated heterocycles. The summed E-state index contributed by atoms with van der Waals surface area (Å²) < 4.78 is 12.5. The maximum absolute atomic E-state index is 11.9. The Morgan fingerprint density at radius 1 is 1.17 bits per heavy atom. The van der Waals surface area contributed by atoms with Gasteiger partial charge in [-0.05, 0) is 49.2 Å². The molecule has 0 saturated carbocycles. The lowest BCUT2D eigenvalue weighted by Crippen LogP contribution is -2.25. The zero-order valence-electron chi connectivity index (χ0n) is 14.5. The minimum Gasteiger partial charge on any atom is -0.497 e. The maximum Gasteiger partial charge on any atom is 0.250 e. The van der Waals surface area contributed by atoms with Gasteiger partial charge >= 0.3 is 0 Å². The Morgan fingerprint density at radius 2 is 2.00 bits per heavy atom. The Hall–Kier alpha value is -2.27. The zero-order valence-corrected chi connectivity index (χ0v) is 14.5. The number of ether oxygens (including phenoxy) is 2. The molecule has 3 rings (SSSR count). The van der Waals surface area contributed by atoms with E-state index in [0.29, 0.717) is 0 Å². The Kier molecular flexibility index (Phi) is 4.90. The largest absolute Gasteiger partial charge is 0.497 e. The average Bonchev–Trinajstić information content (AvgIpc) is 3.05. The number of hydrogen-bond acceptors (Lipinski definition) is 4. The van der Waals surface area contributed by atoms with E-state index in [0.717, 1.165) is 48.6 Å². The molecule has 5 nitrogen and oxygen atoms in total. The number of aryl methyl sites for hydroxylation is 1. The number of nitrogens with zero attached hydrogens (tertiary/aromatic N) is 2. The van der Waals surface area contributed by atoms with Crippen molar-refractivity contribution in [2.45, 2.75) is 25.4 Å². The van der Waals surface area contributed by atoms with Crippen LogP contribution < -0.4 is 15.0 Å². The highest BCUT2D eigenvalue weighted by Gasteiger charge is 2.28. The first-order valence-electron chi connectivity index (χ1n) is 8.24. The van der Waals surface area contributed by atoms with Crippen molar-refractivity contribution >= 4 is 0 Å². The molecule has 2 aromatic rings. The van der Waals surface area contributed by atoms with E-state index in [1.807, 2.05) is 24.4 Å². The van der Waals surface area contributed by atoms with E-state index in [1.54, 1.807) is 31.9 Å². The van der Waals surface area contributed by atoms with Crippen LogP contribution in [0.5, 0.6) is 11.5 Å². The van der Waals surface area contributed by atoms with Crippen molar-refractivity contribution in [3.05, 3.63) is 58.0 Å². The van der Waals surface area contributed by atoms with Gasteiger partial charge in [0.2, 0.25) is 0 Å². The SMILES string of the molecule is COc1ccc(OC)c([C@@H]2CCCN2Cc2ccn(C)c(=O)c2)c1. The van der Waals surface area contributed by atoms with Gasteiger partial charge in [0.1, 0.15) is 11.5 Å². The third-order valence-corrected chi connectivity index (χ3v) is 4.71. The number of pyridine rings is 1. The van der Waals surface area contributed by atoms with Crippen LogP contribution in [-0.4, -0.2) is 30.2 Å². The van der Waals surface area contributed by atoms with Crippen LogP contribution in [0.1, 0.15) is 30.0 Å². The van der Waals surface area contributed by atoms with Gasteiger partial charge in [-0.1, -0.05) is 0 Å². The highest BCUT2D eigenvalue weighted by atomic mass is 16.5. The molecule has 0 unspecified atom stereocenters. The fourth-order valence-electron chi connectivity index (χ4n) is 3.39. The van der Waals surface area contributed by atoms with Crippen LogP contribution >= 0.6 is 0 Å². The molecule has 1 aromatic heterocycles. The summed E-state index contributed by atoms with van der Waals surface area (Å²) in [5.74, 6) is 1.72. The van der Waals surface area contributed by atoms with Crippen molar-refractivity contribution in [1.82, 2.24) is 9.47 Å². The second-order valence-electron chi connectivity index (χ2n) is 6.22. The van der Waals surface area contributed by atoms with Gasteiger partial charge < -0.3 is 14.0 Å². The Labute approximate surface area is 142 Å². The summed E-state index contributed by atoms with van der Waals surface area (Å²) in [5.41, 5.74) is 2.23. The van der Waals surface area contributed by atoms with Crippen LogP contribution in [0.2, 0.25) is 0 Å². The molecule has 1 aliphatic rings. The fraction of sp³-hybridized carbons (Fsp3) is 0.421. The molecule has 0 spiro atoms. The van der Waals surface area contributed by atoms with Gasteiger partial charge in [0.05, 0.1) is 14.2 Å². The number of hydrogen-bond donors (Lipinski definition) is 0. The molecule has 1 aromatic carbocycles. The Balaban J connectivity index is 1.87. The van der Waals surface area contributed by atoms with Crippen LogP contribution in [0.25, 0.3) is 0 Å². The summed E-state index contributed by atoms with van der Waals surface area (Å²) in [7, 11) is 5.15. The van der Waals surface area contributed by atoms with E-state index in [2.05, 4.69) is 11.0 Å². The van der Waals surface area contributed by atoms with Crippen molar-refractivity contribution in [3.63, 3.8) is 0 Å². The molecule has 0 amide bonds. The van der Waals surface area contributed by atoms with Crippen LogP contribution in [0.4, 0.5) is 0 Å². The normalized spacial score (nSPS) is 17.9. The van der Waals surface area contributed by atoms with Crippen LogP contribution in [0, 0.1) is 0 Å². The standard InChI is InChI=1S/C19H24N2O3/c1-20-10-8-14(11-19(20)22)13-21-9-4-5-17(21)16-12-15(23-2)6-7-18(16)24-3/h6-8,10-12,17H,4-5,9,13H2,1-3H3/t17-/m0/s1. The molecule has 2 heterocycles. The maximum atomic E-state index is 11.9. The molecule has 1 aliphatic heterocycles. The van der Waals surface area contributed by atoms with Crippen molar-refractivity contribution in [2.75, 3.05) is 20.8 Å². The predicted molar refractivity (Wildman–Crippen MR) is 93.6 cm³/mol. The molecule has 1 fully saturated rings. The first kappa shape index (κ1) is 16.6. The first-order chi connectivity index (χ1) is 11.6. The summed E-state index contributed by atoms with van der Waals surface area (Å²) in [6.07, 6.45) is 4.04. The summed E-state index contributed by atoms with van der Waals surface area (Å²) in [5, 5.41) is 0. The van der Waals surface area contributed by atoms with Gasteiger partial charge in [0.15, 0.2) is 0 Å². The Morgan fingerprint density at radius 3 is 2.71 bits per heavy atom. The Bertz CT molecular complexity index is 769. The number of likely N-dealkylation sites (tertiary alicyclic amines) is 1. The number of rotatable bonds is 5. The first-order valence-corrected chi connectivity index (χ1v) is 8.24. The monoisotopic (exact) mass is 328 g/mol. The van der Waals surface area contributed by atoms with Gasteiger partial charge in [-0.15, -0.1) is 0 Å². The third-order valence-electron chi connectivity index (χ3n) is 4.71. The molecule has 0 N–H and O–H groups in total.